The van der Waals surface area contributed by atoms with Crippen molar-refractivity contribution in [3.63, 3.8) is 0 Å². The Labute approximate surface area is 82.5 Å². The highest BCUT2D eigenvalue weighted by atomic mass is 16.3. The summed E-state index contributed by atoms with van der Waals surface area (Å²) in [5.41, 5.74) is 0.249. The molecule has 1 heteroatoms. The molecule has 1 saturated carbocycles. The van der Waals surface area contributed by atoms with Crippen molar-refractivity contribution < 1.29 is 5.11 Å². The van der Waals surface area contributed by atoms with Gasteiger partial charge in [-0.15, -0.1) is 0 Å². The van der Waals surface area contributed by atoms with E-state index < -0.39 is 0 Å². The molecule has 1 N–H and O–H groups in total. The van der Waals surface area contributed by atoms with Gasteiger partial charge in [0.1, 0.15) is 0 Å². The zero-order valence-corrected chi connectivity index (χ0v) is 9.67. The summed E-state index contributed by atoms with van der Waals surface area (Å²) in [6.07, 6.45) is 2.18. The molecule has 1 nitrogen and oxygen atoms in total. The minimum Gasteiger partial charge on any atom is -0.393 e. The van der Waals surface area contributed by atoms with E-state index >= 15 is 0 Å². The van der Waals surface area contributed by atoms with Crippen molar-refractivity contribution in [2.45, 2.75) is 53.6 Å². The molecule has 0 bridgehead atoms. The Morgan fingerprint density at radius 1 is 1.08 bits per heavy atom. The highest BCUT2D eigenvalue weighted by Crippen LogP contribution is 2.43. The van der Waals surface area contributed by atoms with Crippen molar-refractivity contribution in [1.82, 2.24) is 0 Å². The lowest BCUT2D eigenvalue weighted by Gasteiger charge is -2.44. The normalized spacial score (nSPS) is 42.0. The largest absolute Gasteiger partial charge is 0.393 e. The van der Waals surface area contributed by atoms with Crippen LogP contribution in [0.25, 0.3) is 0 Å². The molecule has 1 aliphatic rings. The predicted molar refractivity (Wildman–Crippen MR) is 56.5 cm³/mol. The molecule has 0 aromatic rings. The first-order valence-electron chi connectivity index (χ1n) is 5.50. The Balaban J connectivity index is 2.73. The van der Waals surface area contributed by atoms with Crippen LogP contribution in [0.1, 0.15) is 47.5 Å². The standard InChI is InChI=1S/C12H24O/c1-8-6-9(2)11(10(13)7-8)12(3,4)5/h8-11,13H,6-7H2,1-5H3. The van der Waals surface area contributed by atoms with Crippen molar-refractivity contribution in [2.24, 2.45) is 23.2 Å². The highest BCUT2D eigenvalue weighted by molar-refractivity contribution is 4.89. The summed E-state index contributed by atoms with van der Waals surface area (Å²) in [4.78, 5) is 0. The summed E-state index contributed by atoms with van der Waals surface area (Å²) >= 11 is 0. The molecule has 78 valence electrons. The van der Waals surface area contributed by atoms with Gasteiger partial charge in [-0.2, -0.15) is 0 Å². The van der Waals surface area contributed by atoms with E-state index in [1.165, 1.54) is 6.42 Å². The molecular formula is C12H24O. The molecule has 0 spiro atoms. The van der Waals surface area contributed by atoms with Gasteiger partial charge >= 0.3 is 0 Å². The van der Waals surface area contributed by atoms with Crippen LogP contribution in [0.5, 0.6) is 0 Å². The summed E-state index contributed by atoms with van der Waals surface area (Å²) in [7, 11) is 0. The monoisotopic (exact) mass is 184 g/mol. The zero-order valence-electron chi connectivity index (χ0n) is 9.67. The average molecular weight is 184 g/mol. The lowest BCUT2D eigenvalue weighted by atomic mass is 9.63. The second-order valence-electron chi connectivity index (χ2n) is 6.01. The average Bonchev–Trinajstić information content (AvgIpc) is 1.78. The van der Waals surface area contributed by atoms with E-state index in [2.05, 4.69) is 34.6 Å². The summed E-state index contributed by atoms with van der Waals surface area (Å²) in [6, 6.07) is 0. The maximum absolute atomic E-state index is 10.0. The van der Waals surface area contributed by atoms with Gasteiger partial charge in [-0.1, -0.05) is 34.6 Å². The summed E-state index contributed by atoms with van der Waals surface area (Å²) in [5.74, 6) is 1.84. The van der Waals surface area contributed by atoms with Gasteiger partial charge in [0.05, 0.1) is 6.10 Å². The fraction of sp³-hybridized carbons (Fsp3) is 1.00. The van der Waals surface area contributed by atoms with Crippen LogP contribution < -0.4 is 0 Å². The van der Waals surface area contributed by atoms with E-state index in [1.54, 1.807) is 0 Å². The number of hydrogen-bond donors (Lipinski definition) is 1. The van der Waals surface area contributed by atoms with Crippen LogP contribution >= 0.6 is 0 Å². The van der Waals surface area contributed by atoms with E-state index in [0.29, 0.717) is 17.8 Å². The topological polar surface area (TPSA) is 20.2 Å². The first-order chi connectivity index (χ1) is 5.82. The first kappa shape index (κ1) is 11.0. The fourth-order valence-electron chi connectivity index (χ4n) is 3.25. The smallest absolute Gasteiger partial charge is 0.0578 e. The van der Waals surface area contributed by atoms with E-state index in [0.717, 1.165) is 6.42 Å². The van der Waals surface area contributed by atoms with Crippen LogP contribution in [-0.2, 0) is 0 Å². The molecular weight excluding hydrogens is 160 g/mol. The fourth-order valence-corrected chi connectivity index (χ4v) is 3.25. The van der Waals surface area contributed by atoms with Crippen LogP contribution in [0.3, 0.4) is 0 Å². The molecule has 0 saturated heterocycles. The second kappa shape index (κ2) is 3.61. The van der Waals surface area contributed by atoms with Crippen molar-refractivity contribution in [2.75, 3.05) is 0 Å². The number of aliphatic hydroxyl groups excluding tert-OH is 1. The number of hydrogen-bond acceptors (Lipinski definition) is 1. The Hall–Kier alpha value is -0.0400. The molecule has 1 rings (SSSR count). The lowest BCUT2D eigenvalue weighted by molar-refractivity contribution is -0.0383. The van der Waals surface area contributed by atoms with Crippen LogP contribution in [0, 0.1) is 23.2 Å². The molecule has 1 aliphatic carbocycles. The molecule has 0 radical (unpaired) electrons. The first-order valence-corrected chi connectivity index (χ1v) is 5.50. The SMILES string of the molecule is CC1CC(C)C(C(C)(C)C)C(O)C1. The third kappa shape index (κ3) is 2.46. The number of rotatable bonds is 0. The summed E-state index contributed by atoms with van der Waals surface area (Å²) in [6.45, 7) is 11.3. The van der Waals surface area contributed by atoms with Crippen LogP contribution in [-0.4, -0.2) is 11.2 Å². The van der Waals surface area contributed by atoms with Crippen molar-refractivity contribution in [3.8, 4) is 0 Å². The van der Waals surface area contributed by atoms with Crippen LogP contribution in [0.2, 0.25) is 0 Å². The highest BCUT2D eigenvalue weighted by Gasteiger charge is 2.39. The van der Waals surface area contributed by atoms with Crippen molar-refractivity contribution in [3.05, 3.63) is 0 Å². The molecule has 0 aromatic heterocycles. The maximum Gasteiger partial charge on any atom is 0.0578 e. The summed E-state index contributed by atoms with van der Waals surface area (Å²) in [5, 5.41) is 10.0. The van der Waals surface area contributed by atoms with Crippen LogP contribution in [0.15, 0.2) is 0 Å². The quantitative estimate of drug-likeness (QED) is 0.613. The second-order valence-corrected chi connectivity index (χ2v) is 6.01. The third-order valence-corrected chi connectivity index (χ3v) is 3.45. The zero-order chi connectivity index (χ0) is 10.2. The Bertz CT molecular complexity index is 156. The minimum absolute atomic E-state index is 0.0845. The van der Waals surface area contributed by atoms with Gasteiger partial charge in [-0.3, -0.25) is 0 Å². The van der Waals surface area contributed by atoms with Gasteiger partial charge < -0.3 is 5.11 Å². The molecule has 1 fully saturated rings. The molecule has 4 unspecified atom stereocenters. The van der Waals surface area contributed by atoms with E-state index in [9.17, 15) is 5.11 Å². The molecule has 13 heavy (non-hydrogen) atoms. The minimum atomic E-state index is -0.0845. The molecule has 0 aromatic carbocycles. The molecule has 0 amide bonds. The van der Waals surface area contributed by atoms with Gasteiger partial charge in [-0.25, -0.2) is 0 Å². The Morgan fingerprint density at radius 2 is 1.62 bits per heavy atom. The Morgan fingerprint density at radius 3 is 2.00 bits per heavy atom. The van der Waals surface area contributed by atoms with Crippen LogP contribution in [0.4, 0.5) is 0 Å². The van der Waals surface area contributed by atoms with Crippen molar-refractivity contribution in [1.29, 1.82) is 0 Å². The number of aliphatic hydroxyl groups is 1. The molecule has 4 atom stereocenters. The Kier molecular flexibility index (Phi) is 3.06. The van der Waals surface area contributed by atoms with E-state index in [4.69, 9.17) is 0 Å². The third-order valence-electron chi connectivity index (χ3n) is 3.45. The van der Waals surface area contributed by atoms with Gasteiger partial charge in [0.2, 0.25) is 0 Å². The van der Waals surface area contributed by atoms with Crippen molar-refractivity contribution >= 4 is 0 Å². The summed E-state index contributed by atoms with van der Waals surface area (Å²) < 4.78 is 0. The van der Waals surface area contributed by atoms with Gasteiger partial charge in [0, 0.05) is 0 Å². The van der Waals surface area contributed by atoms with Gasteiger partial charge in [-0.05, 0) is 36.0 Å². The van der Waals surface area contributed by atoms with Gasteiger partial charge in [0.25, 0.3) is 0 Å². The van der Waals surface area contributed by atoms with Gasteiger partial charge in [0.15, 0.2) is 0 Å². The molecule has 0 aliphatic heterocycles. The van der Waals surface area contributed by atoms with E-state index in [-0.39, 0.29) is 11.5 Å². The predicted octanol–water partition coefficient (Wildman–Crippen LogP) is 3.08. The lowest BCUT2D eigenvalue weighted by Crippen LogP contribution is -2.42. The van der Waals surface area contributed by atoms with E-state index in [1.807, 2.05) is 0 Å². The maximum atomic E-state index is 10.0. The molecule has 0 heterocycles.